The Morgan fingerprint density at radius 2 is 1.97 bits per heavy atom. The quantitative estimate of drug-likeness (QED) is 0.516. The topological polar surface area (TPSA) is 73.1 Å². The number of carbonyl (C=O) groups excluding carboxylic acids is 1. The van der Waals surface area contributed by atoms with Crippen LogP contribution in [0.3, 0.4) is 0 Å². The molecule has 0 saturated carbocycles. The van der Waals surface area contributed by atoms with E-state index >= 15 is 0 Å². The second-order valence-electron chi connectivity index (χ2n) is 7.84. The zero-order chi connectivity index (χ0) is 23.5. The Labute approximate surface area is 190 Å². The molecule has 1 saturated heterocycles. The van der Waals surface area contributed by atoms with Crippen LogP contribution in [0.15, 0.2) is 30.3 Å². The number of rotatable bonds is 2. The van der Waals surface area contributed by atoms with Gasteiger partial charge in [-0.2, -0.15) is 13.2 Å². The van der Waals surface area contributed by atoms with Gasteiger partial charge in [0.15, 0.2) is 11.6 Å². The van der Waals surface area contributed by atoms with E-state index in [1.807, 2.05) is 0 Å². The lowest BCUT2D eigenvalue weighted by Crippen LogP contribution is -2.56. The van der Waals surface area contributed by atoms with Crippen LogP contribution >= 0.6 is 11.6 Å². The second-order valence-corrected chi connectivity index (χ2v) is 8.22. The van der Waals surface area contributed by atoms with Gasteiger partial charge in [0.1, 0.15) is 17.6 Å². The van der Waals surface area contributed by atoms with E-state index in [0.29, 0.717) is 17.3 Å². The smallest absolute Gasteiger partial charge is 0.377 e. The molecule has 1 fully saturated rings. The molecular formula is C21H16ClF4N5O2. The normalized spacial score (nSPS) is 20.0. The van der Waals surface area contributed by atoms with E-state index in [9.17, 15) is 22.4 Å². The summed E-state index contributed by atoms with van der Waals surface area (Å²) in [5, 5.41) is 7.75. The average Bonchev–Trinajstić information content (AvgIpc) is 3.17. The van der Waals surface area contributed by atoms with E-state index in [2.05, 4.69) is 15.2 Å². The molecule has 1 aromatic carbocycles. The van der Waals surface area contributed by atoms with Crippen molar-refractivity contribution in [1.29, 1.82) is 0 Å². The molecule has 4 heterocycles. The number of benzene rings is 1. The molecule has 2 unspecified atom stereocenters. The number of fused-ring (bicyclic) bond motifs is 4. The summed E-state index contributed by atoms with van der Waals surface area (Å²) in [6, 6.07) is 4.86. The molecule has 12 heteroatoms. The first kappa shape index (κ1) is 21.8. The minimum atomic E-state index is -4.69. The predicted molar refractivity (Wildman–Crippen MR) is 108 cm³/mol. The maximum atomic E-state index is 13.7. The lowest BCUT2D eigenvalue weighted by atomic mass is 10.0. The van der Waals surface area contributed by atoms with E-state index in [0.717, 1.165) is 12.1 Å². The van der Waals surface area contributed by atoms with Crippen LogP contribution in [0.1, 0.15) is 33.5 Å². The van der Waals surface area contributed by atoms with Crippen LogP contribution < -0.4 is 0 Å². The number of amides is 1. The molecule has 172 valence electrons. The van der Waals surface area contributed by atoms with Gasteiger partial charge in [-0.1, -0.05) is 17.7 Å². The number of nitrogens with zero attached hydrogens (tertiary/aromatic N) is 5. The van der Waals surface area contributed by atoms with Gasteiger partial charge in [-0.25, -0.2) is 9.37 Å². The van der Waals surface area contributed by atoms with Gasteiger partial charge in [0, 0.05) is 6.54 Å². The van der Waals surface area contributed by atoms with E-state index in [1.165, 1.54) is 30.0 Å². The summed E-state index contributed by atoms with van der Waals surface area (Å²) in [7, 11) is 0. The highest BCUT2D eigenvalue weighted by Crippen LogP contribution is 2.40. The van der Waals surface area contributed by atoms with Gasteiger partial charge in [0.05, 0.1) is 41.1 Å². The van der Waals surface area contributed by atoms with Crippen LogP contribution in [0.4, 0.5) is 17.6 Å². The summed E-state index contributed by atoms with van der Waals surface area (Å²) >= 11 is 6.01. The van der Waals surface area contributed by atoms with E-state index in [1.54, 1.807) is 4.57 Å². The van der Waals surface area contributed by atoms with Crippen molar-refractivity contribution in [2.24, 2.45) is 0 Å². The maximum absolute atomic E-state index is 13.7. The number of aryl methyl sites for hydroxylation is 1. The number of hydrogen-bond donors (Lipinski definition) is 0. The fourth-order valence-electron chi connectivity index (χ4n) is 4.24. The molecule has 0 N–H and O–H groups in total. The molecule has 2 aliphatic rings. The highest BCUT2D eigenvalue weighted by atomic mass is 35.5. The predicted octanol–water partition coefficient (Wildman–Crippen LogP) is 4.06. The molecule has 33 heavy (non-hydrogen) atoms. The van der Waals surface area contributed by atoms with Gasteiger partial charge in [-0.15, -0.1) is 10.2 Å². The van der Waals surface area contributed by atoms with E-state index in [-0.39, 0.29) is 31.0 Å². The molecule has 1 amide bonds. The minimum Gasteiger partial charge on any atom is -0.377 e. The summed E-state index contributed by atoms with van der Waals surface area (Å²) in [4.78, 5) is 19.1. The molecule has 0 spiro atoms. The molecule has 2 atom stereocenters. The molecule has 2 aromatic heterocycles. The highest BCUT2D eigenvalue weighted by Gasteiger charge is 2.45. The fourth-order valence-corrected chi connectivity index (χ4v) is 4.56. The van der Waals surface area contributed by atoms with Gasteiger partial charge in [-0.3, -0.25) is 4.79 Å². The van der Waals surface area contributed by atoms with Crippen molar-refractivity contribution < 1.29 is 27.1 Å². The van der Waals surface area contributed by atoms with Crippen LogP contribution in [0.5, 0.6) is 0 Å². The Balaban J connectivity index is 1.54. The van der Waals surface area contributed by atoms with Crippen molar-refractivity contribution >= 4 is 17.5 Å². The monoisotopic (exact) mass is 481 g/mol. The molecule has 2 bridgehead atoms. The van der Waals surface area contributed by atoms with Crippen molar-refractivity contribution in [3.63, 3.8) is 0 Å². The number of pyridine rings is 1. The molecule has 0 radical (unpaired) electrons. The fraction of sp³-hybridized carbons (Fsp3) is 0.333. The number of alkyl halides is 3. The maximum Gasteiger partial charge on any atom is 0.417 e. The van der Waals surface area contributed by atoms with Crippen LogP contribution in [0.2, 0.25) is 5.02 Å². The molecule has 5 rings (SSSR count). The first-order valence-electron chi connectivity index (χ1n) is 9.99. The Morgan fingerprint density at radius 1 is 1.18 bits per heavy atom. The van der Waals surface area contributed by atoms with Crippen LogP contribution in [0, 0.1) is 12.7 Å². The van der Waals surface area contributed by atoms with E-state index < -0.39 is 40.6 Å². The van der Waals surface area contributed by atoms with Crippen LogP contribution in [-0.4, -0.2) is 49.8 Å². The summed E-state index contributed by atoms with van der Waals surface area (Å²) in [6.07, 6.45) is -4.69. The number of carbonyl (C=O) groups is 1. The number of hydrogen-bond acceptors (Lipinski definition) is 5. The SMILES string of the molecule is Cc1nc(-c2nnc3n2CC2COCC3N2C(=O)c2cccc(C(F)(F)F)c2Cl)ccc1F. The van der Waals surface area contributed by atoms with Gasteiger partial charge in [-0.05, 0) is 31.2 Å². The van der Waals surface area contributed by atoms with Crippen molar-refractivity contribution in [1.82, 2.24) is 24.6 Å². The highest BCUT2D eigenvalue weighted by molar-refractivity contribution is 6.34. The zero-order valence-corrected chi connectivity index (χ0v) is 17.9. The van der Waals surface area contributed by atoms with Crippen molar-refractivity contribution in [2.45, 2.75) is 31.7 Å². The third-order valence-corrected chi connectivity index (χ3v) is 6.21. The van der Waals surface area contributed by atoms with Crippen molar-refractivity contribution in [3.8, 4) is 11.5 Å². The van der Waals surface area contributed by atoms with Gasteiger partial charge >= 0.3 is 6.18 Å². The van der Waals surface area contributed by atoms with E-state index in [4.69, 9.17) is 16.3 Å². The van der Waals surface area contributed by atoms with Gasteiger partial charge in [0.25, 0.3) is 5.91 Å². The number of ether oxygens (including phenoxy) is 1. The summed E-state index contributed by atoms with van der Waals surface area (Å²) in [5.41, 5.74) is -0.684. The third kappa shape index (κ3) is 3.55. The molecule has 0 aliphatic carbocycles. The minimum absolute atomic E-state index is 0.0901. The number of halogens is 5. The van der Waals surface area contributed by atoms with Crippen molar-refractivity contribution in [2.75, 3.05) is 13.2 Å². The zero-order valence-electron chi connectivity index (χ0n) is 17.1. The van der Waals surface area contributed by atoms with Gasteiger partial charge in [0.2, 0.25) is 0 Å². The lowest BCUT2D eigenvalue weighted by molar-refractivity contribution is -0.137. The molecule has 3 aromatic rings. The molecular weight excluding hydrogens is 466 g/mol. The second kappa shape index (κ2) is 7.77. The Morgan fingerprint density at radius 3 is 2.70 bits per heavy atom. The largest absolute Gasteiger partial charge is 0.417 e. The summed E-state index contributed by atoms with van der Waals surface area (Å²) in [6.45, 7) is 2.03. The van der Waals surface area contributed by atoms with Gasteiger partial charge < -0.3 is 14.2 Å². The Kier molecular flexibility index (Phi) is 5.13. The summed E-state index contributed by atoms with van der Waals surface area (Å²) < 4.78 is 61.0. The standard InChI is InChI=1S/C21H16ClF4N5O2/c1-10-14(23)5-6-15(27-10)18-28-29-19-16-9-33-8-11(7-30(18)19)31(16)20(32)12-3-2-4-13(17(12)22)21(24,25)26/h2-6,11,16H,7-9H2,1H3. The Hall–Kier alpha value is -3.05. The van der Waals surface area contributed by atoms with Crippen molar-refractivity contribution in [3.05, 3.63) is 63.8 Å². The number of aromatic nitrogens is 4. The van der Waals surface area contributed by atoms with Crippen LogP contribution in [-0.2, 0) is 17.5 Å². The summed E-state index contributed by atoms with van der Waals surface area (Å²) in [5.74, 6) is -0.275. The Bertz CT molecular complexity index is 1260. The lowest BCUT2D eigenvalue weighted by Gasteiger charge is -2.45. The number of morpholine rings is 1. The third-order valence-electron chi connectivity index (χ3n) is 5.81. The molecule has 2 aliphatic heterocycles. The first-order valence-corrected chi connectivity index (χ1v) is 10.4. The van der Waals surface area contributed by atoms with Crippen LogP contribution in [0.25, 0.3) is 11.5 Å². The average molecular weight is 482 g/mol. The first-order chi connectivity index (χ1) is 15.7. The molecule has 7 nitrogen and oxygen atoms in total.